The number of anilines is 2. The van der Waals surface area contributed by atoms with Crippen LogP contribution in [0.25, 0.3) is 16.6 Å². The molecule has 4 aromatic rings. The third-order valence-electron chi connectivity index (χ3n) is 6.36. The molecule has 11 nitrogen and oxygen atoms in total. The molecule has 0 bridgehead atoms. The van der Waals surface area contributed by atoms with Gasteiger partial charge in [0.25, 0.3) is 0 Å². The van der Waals surface area contributed by atoms with Gasteiger partial charge in [0, 0.05) is 38.1 Å². The molecule has 1 aliphatic heterocycles. The van der Waals surface area contributed by atoms with Crippen LogP contribution in [0.3, 0.4) is 0 Å². The fourth-order valence-corrected chi connectivity index (χ4v) is 4.52. The first-order valence-corrected chi connectivity index (χ1v) is 12.8. The number of aromatic nitrogens is 5. The molecular weight excluding hydrogens is 513 g/mol. The molecule has 0 aliphatic carbocycles. The number of benzene rings is 1. The van der Waals surface area contributed by atoms with E-state index in [1.54, 1.807) is 41.2 Å². The third kappa shape index (κ3) is 5.49. The van der Waals surface area contributed by atoms with Crippen LogP contribution < -0.4 is 26.3 Å². The molecule has 0 radical (unpaired) electrons. The third-order valence-corrected chi connectivity index (χ3v) is 6.83. The molecule has 0 saturated carbocycles. The van der Waals surface area contributed by atoms with Crippen LogP contribution in [0.5, 0.6) is 11.5 Å². The maximum Gasteiger partial charge on any atom is 0.246 e. The zero-order valence-corrected chi connectivity index (χ0v) is 22.8. The van der Waals surface area contributed by atoms with Gasteiger partial charge in [-0.2, -0.15) is 0 Å². The molecule has 0 fully saturated rings. The van der Waals surface area contributed by atoms with Crippen molar-refractivity contribution in [2.75, 3.05) is 30.9 Å². The van der Waals surface area contributed by atoms with Crippen molar-refractivity contribution in [1.82, 2.24) is 29.5 Å². The SMILES string of the molecule is C=CC(=O)N1CC=C(c2ncc3ncnc(Nc4cc(C)c(Oc5ccn(NC)c(=N)c5)cc4P)c3n2)CC1. The van der Waals surface area contributed by atoms with Crippen molar-refractivity contribution in [3.63, 3.8) is 0 Å². The number of carbonyl (C=O) groups excluding carboxylic acids is 1. The molecular formula is C27H28N9O2P. The lowest BCUT2D eigenvalue weighted by atomic mass is 10.1. The molecule has 1 aromatic carbocycles. The minimum Gasteiger partial charge on any atom is -0.457 e. The molecule has 1 amide bonds. The molecule has 0 saturated heterocycles. The first-order chi connectivity index (χ1) is 18.9. The topological polar surface area (TPSA) is 134 Å². The van der Waals surface area contributed by atoms with Crippen molar-refractivity contribution in [3.05, 3.63) is 78.6 Å². The molecule has 1 unspecified atom stereocenters. The second-order valence-electron chi connectivity index (χ2n) is 8.89. The number of nitrogens with zero attached hydrogens (tertiary/aromatic N) is 6. The van der Waals surface area contributed by atoms with Crippen LogP contribution >= 0.6 is 9.24 Å². The van der Waals surface area contributed by atoms with E-state index < -0.39 is 0 Å². The number of fused-ring (bicyclic) bond motifs is 1. The molecule has 1 atom stereocenters. The summed E-state index contributed by atoms with van der Waals surface area (Å²) in [5, 5.41) is 12.3. The van der Waals surface area contributed by atoms with Crippen molar-refractivity contribution in [2.24, 2.45) is 0 Å². The fourth-order valence-electron chi connectivity index (χ4n) is 4.22. The Hall–Kier alpha value is -4.63. The van der Waals surface area contributed by atoms with Gasteiger partial charge in [-0.1, -0.05) is 12.7 Å². The quantitative estimate of drug-likeness (QED) is 0.240. The van der Waals surface area contributed by atoms with Gasteiger partial charge in [-0.3, -0.25) is 14.9 Å². The highest BCUT2D eigenvalue weighted by Crippen LogP contribution is 2.29. The van der Waals surface area contributed by atoms with Crippen molar-refractivity contribution >= 4 is 48.6 Å². The standard InChI is InChI=1S/C27H28N9O2P/c1-4-24(37)35-8-5-17(6-9-35)26-30-14-20-25(34-26)27(32-15-31-20)33-19-11-16(2)21(13-22(19)39)38-18-7-10-36(29-3)23(28)12-18/h4-5,7,10-15,28-29H,1,6,8-9,39H2,2-3H3,(H,31,32,33). The molecule has 5 rings (SSSR count). The highest BCUT2D eigenvalue weighted by molar-refractivity contribution is 7.28. The van der Waals surface area contributed by atoms with Gasteiger partial charge in [0.05, 0.1) is 6.20 Å². The van der Waals surface area contributed by atoms with Crippen LogP contribution in [0.1, 0.15) is 17.8 Å². The van der Waals surface area contributed by atoms with Crippen molar-refractivity contribution < 1.29 is 9.53 Å². The van der Waals surface area contributed by atoms with E-state index in [1.807, 2.05) is 25.1 Å². The summed E-state index contributed by atoms with van der Waals surface area (Å²) >= 11 is 0. The molecule has 3 aromatic heterocycles. The van der Waals surface area contributed by atoms with E-state index in [2.05, 4.69) is 41.5 Å². The highest BCUT2D eigenvalue weighted by Gasteiger charge is 2.19. The van der Waals surface area contributed by atoms with Gasteiger partial charge >= 0.3 is 0 Å². The van der Waals surface area contributed by atoms with Crippen LogP contribution in [-0.4, -0.2) is 55.6 Å². The van der Waals surface area contributed by atoms with Gasteiger partial charge < -0.3 is 20.4 Å². The second kappa shape index (κ2) is 11.0. The summed E-state index contributed by atoms with van der Waals surface area (Å²) in [6.07, 6.45) is 8.85. The van der Waals surface area contributed by atoms with Gasteiger partial charge in [-0.15, -0.1) is 9.24 Å². The smallest absolute Gasteiger partial charge is 0.246 e. The van der Waals surface area contributed by atoms with Gasteiger partial charge in [-0.25, -0.2) is 19.9 Å². The number of hydrogen-bond donors (Lipinski definition) is 3. The number of amides is 1. The summed E-state index contributed by atoms with van der Waals surface area (Å²) in [5.41, 5.74) is 7.09. The zero-order chi connectivity index (χ0) is 27.5. The largest absolute Gasteiger partial charge is 0.457 e. The summed E-state index contributed by atoms with van der Waals surface area (Å²) in [6.45, 7) is 6.59. The molecule has 4 heterocycles. The molecule has 3 N–H and O–H groups in total. The van der Waals surface area contributed by atoms with Gasteiger partial charge in [0.2, 0.25) is 5.91 Å². The van der Waals surface area contributed by atoms with Crippen LogP contribution in [-0.2, 0) is 4.79 Å². The van der Waals surface area contributed by atoms with E-state index in [4.69, 9.17) is 15.1 Å². The Morgan fingerprint density at radius 3 is 2.82 bits per heavy atom. The summed E-state index contributed by atoms with van der Waals surface area (Å²) in [5.74, 6) is 2.31. The van der Waals surface area contributed by atoms with E-state index in [1.165, 1.54) is 12.4 Å². The normalized spacial score (nSPS) is 13.1. The number of hydrogen-bond acceptors (Lipinski definition) is 9. The predicted octanol–water partition coefficient (Wildman–Crippen LogP) is 3.02. The van der Waals surface area contributed by atoms with Crippen LogP contribution in [0.15, 0.2) is 61.7 Å². The van der Waals surface area contributed by atoms with E-state index in [-0.39, 0.29) is 11.4 Å². The highest BCUT2D eigenvalue weighted by atomic mass is 31.0. The monoisotopic (exact) mass is 541 g/mol. The van der Waals surface area contributed by atoms with Crippen LogP contribution in [0.2, 0.25) is 0 Å². The van der Waals surface area contributed by atoms with Gasteiger partial charge in [-0.05, 0) is 54.1 Å². The second-order valence-corrected chi connectivity index (χ2v) is 9.51. The number of rotatable bonds is 7. The molecule has 198 valence electrons. The van der Waals surface area contributed by atoms with E-state index >= 15 is 0 Å². The first-order valence-electron chi connectivity index (χ1n) is 12.2. The minimum absolute atomic E-state index is 0.0867. The lowest BCUT2D eigenvalue weighted by Crippen LogP contribution is -2.33. The van der Waals surface area contributed by atoms with Crippen molar-refractivity contribution in [1.29, 1.82) is 5.41 Å². The fraction of sp³-hybridized carbons (Fsp3) is 0.185. The molecule has 12 heteroatoms. The van der Waals surface area contributed by atoms with Crippen LogP contribution in [0.4, 0.5) is 11.5 Å². The Labute approximate surface area is 227 Å². The summed E-state index contributed by atoms with van der Waals surface area (Å²) in [4.78, 5) is 31.7. The van der Waals surface area contributed by atoms with E-state index in [0.29, 0.717) is 53.7 Å². The van der Waals surface area contributed by atoms with E-state index in [9.17, 15) is 4.79 Å². The Morgan fingerprint density at radius 2 is 2.10 bits per heavy atom. The Morgan fingerprint density at radius 1 is 1.26 bits per heavy atom. The number of carbonyl (C=O) groups is 1. The Bertz CT molecular complexity index is 1680. The lowest BCUT2D eigenvalue weighted by molar-refractivity contribution is -0.125. The molecule has 39 heavy (non-hydrogen) atoms. The number of aryl methyl sites for hydroxylation is 1. The Kier molecular flexibility index (Phi) is 7.33. The van der Waals surface area contributed by atoms with Crippen molar-refractivity contribution in [2.45, 2.75) is 13.3 Å². The predicted molar refractivity (Wildman–Crippen MR) is 154 cm³/mol. The maximum atomic E-state index is 11.9. The maximum absolute atomic E-state index is 11.9. The van der Waals surface area contributed by atoms with Gasteiger partial charge in [0.15, 0.2) is 11.6 Å². The summed E-state index contributed by atoms with van der Waals surface area (Å²) in [6, 6.07) is 7.33. The number of nitrogens with one attached hydrogen (secondary N) is 3. The van der Waals surface area contributed by atoms with E-state index in [0.717, 1.165) is 22.1 Å². The Balaban J connectivity index is 1.41. The summed E-state index contributed by atoms with van der Waals surface area (Å²) < 4.78 is 7.65. The zero-order valence-electron chi connectivity index (χ0n) is 21.6. The van der Waals surface area contributed by atoms with Crippen LogP contribution in [0, 0.1) is 12.3 Å². The first kappa shape index (κ1) is 26.0. The molecule has 0 spiro atoms. The number of ether oxygens (including phenoxy) is 1. The molecule has 1 aliphatic rings. The summed E-state index contributed by atoms with van der Waals surface area (Å²) in [7, 11) is 4.47. The van der Waals surface area contributed by atoms with Gasteiger partial charge in [0.1, 0.15) is 34.3 Å². The minimum atomic E-state index is -0.0867. The average molecular weight is 542 g/mol. The average Bonchev–Trinajstić information content (AvgIpc) is 2.95. The van der Waals surface area contributed by atoms with Crippen molar-refractivity contribution in [3.8, 4) is 11.5 Å². The number of pyridine rings is 1. The lowest BCUT2D eigenvalue weighted by Gasteiger charge is -2.24.